The molecular weight excluding hydrogens is 228 g/mol. The highest BCUT2D eigenvalue weighted by Gasteiger charge is 2.05. The summed E-state index contributed by atoms with van der Waals surface area (Å²) in [6.45, 7) is 1.89. The zero-order valence-corrected chi connectivity index (χ0v) is 9.15. The molecule has 0 fully saturated rings. The van der Waals surface area contributed by atoms with Gasteiger partial charge in [-0.1, -0.05) is 0 Å². The van der Waals surface area contributed by atoms with Crippen LogP contribution in [0.15, 0.2) is 17.8 Å². The van der Waals surface area contributed by atoms with Crippen molar-refractivity contribution in [2.24, 2.45) is 0 Å². The van der Waals surface area contributed by atoms with Gasteiger partial charge in [-0.05, 0) is 6.92 Å². The topological polar surface area (TPSA) is 88.0 Å². The normalized spacial score (nSPS) is 10.1. The van der Waals surface area contributed by atoms with E-state index in [0.29, 0.717) is 10.9 Å². The monoisotopic (exact) mass is 236 g/mol. The molecule has 2 heterocycles. The summed E-state index contributed by atoms with van der Waals surface area (Å²) in [4.78, 5) is 22.4. The van der Waals surface area contributed by atoms with E-state index in [4.69, 9.17) is 5.11 Å². The number of carbonyl (C=O) groups is 1. The van der Waals surface area contributed by atoms with Gasteiger partial charge in [0.25, 0.3) is 0 Å². The maximum Gasteiger partial charge on any atom is 0.356 e. The Morgan fingerprint density at radius 3 is 2.75 bits per heavy atom. The molecule has 2 aromatic rings. The number of aromatic nitrogens is 3. The average molecular weight is 236 g/mol. The molecule has 0 bridgehead atoms. The highest BCUT2D eigenvalue weighted by atomic mass is 32.1. The van der Waals surface area contributed by atoms with E-state index < -0.39 is 5.97 Å². The van der Waals surface area contributed by atoms with E-state index in [9.17, 15) is 4.79 Å². The van der Waals surface area contributed by atoms with Gasteiger partial charge in [0.05, 0.1) is 18.1 Å². The maximum absolute atomic E-state index is 10.5. The number of aromatic carboxylic acids is 1. The summed E-state index contributed by atoms with van der Waals surface area (Å²) in [5, 5.41) is 14.2. The van der Waals surface area contributed by atoms with Crippen LogP contribution in [-0.2, 0) is 0 Å². The molecule has 0 aliphatic carbocycles. The molecule has 0 aliphatic heterocycles. The molecule has 6 nitrogen and oxygen atoms in total. The van der Waals surface area contributed by atoms with Crippen molar-refractivity contribution in [1.29, 1.82) is 0 Å². The lowest BCUT2D eigenvalue weighted by Gasteiger charge is -2.00. The molecule has 16 heavy (non-hydrogen) atoms. The highest BCUT2D eigenvalue weighted by molar-refractivity contribution is 7.13. The molecule has 0 aromatic carbocycles. The van der Waals surface area contributed by atoms with Crippen LogP contribution < -0.4 is 5.32 Å². The first-order chi connectivity index (χ1) is 7.65. The lowest BCUT2D eigenvalue weighted by atomic mass is 10.4. The SMILES string of the molecule is Cc1csc(Nc2cnc(C(=O)O)cn2)n1. The van der Waals surface area contributed by atoms with Crippen LogP contribution in [0.3, 0.4) is 0 Å². The molecule has 2 N–H and O–H groups in total. The summed E-state index contributed by atoms with van der Waals surface area (Å²) in [5.41, 5.74) is 0.837. The second-order valence-corrected chi connectivity index (χ2v) is 3.87. The number of carboxylic acid groups (broad SMARTS) is 1. The molecule has 0 radical (unpaired) electrons. The average Bonchev–Trinajstić information content (AvgIpc) is 2.65. The summed E-state index contributed by atoms with van der Waals surface area (Å²) in [6.07, 6.45) is 2.56. The largest absolute Gasteiger partial charge is 0.476 e. The molecule has 0 unspecified atom stereocenters. The van der Waals surface area contributed by atoms with Gasteiger partial charge >= 0.3 is 5.97 Å². The number of nitrogens with zero attached hydrogens (tertiary/aromatic N) is 3. The van der Waals surface area contributed by atoms with Gasteiger partial charge in [-0.3, -0.25) is 0 Å². The number of carboxylic acids is 1. The van der Waals surface area contributed by atoms with Gasteiger partial charge in [0.15, 0.2) is 16.6 Å². The number of hydrogen-bond donors (Lipinski definition) is 2. The fourth-order valence-corrected chi connectivity index (χ4v) is 1.72. The van der Waals surface area contributed by atoms with Crippen LogP contribution in [-0.4, -0.2) is 26.0 Å². The van der Waals surface area contributed by atoms with Crippen LogP contribution in [0.25, 0.3) is 0 Å². The van der Waals surface area contributed by atoms with E-state index >= 15 is 0 Å². The minimum atomic E-state index is -1.09. The number of rotatable bonds is 3. The van der Waals surface area contributed by atoms with Crippen molar-refractivity contribution < 1.29 is 9.90 Å². The zero-order chi connectivity index (χ0) is 11.5. The summed E-state index contributed by atoms with van der Waals surface area (Å²) < 4.78 is 0. The molecule has 0 amide bonds. The van der Waals surface area contributed by atoms with E-state index in [1.54, 1.807) is 0 Å². The van der Waals surface area contributed by atoms with Gasteiger partial charge in [-0.15, -0.1) is 11.3 Å². The van der Waals surface area contributed by atoms with Crippen molar-refractivity contribution >= 4 is 28.3 Å². The molecule has 0 saturated carbocycles. The maximum atomic E-state index is 10.5. The summed E-state index contributed by atoms with van der Waals surface area (Å²) in [5.74, 6) is -0.622. The molecule has 7 heteroatoms. The van der Waals surface area contributed by atoms with Crippen LogP contribution in [0.5, 0.6) is 0 Å². The Hall–Kier alpha value is -2.02. The van der Waals surface area contributed by atoms with E-state index in [0.717, 1.165) is 5.69 Å². The van der Waals surface area contributed by atoms with Gasteiger partial charge in [0.2, 0.25) is 0 Å². The third-order valence-corrected chi connectivity index (χ3v) is 2.60. The van der Waals surface area contributed by atoms with Crippen molar-refractivity contribution in [3.8, 4) is 0 Å². The standard InChI is InChI=1S/C9H8N4O2S/c1-5-4-16-9(12-5)13-7-3-10-6(2-11-7)8(14)15/h2-4H,1H3,(H,14,15)(H,11,12,13). The smallest absolute Gasteiger partial charge is 0.356 e. The lowest BCUT2D eigenvalue weighted by Crippen LogP contribution is -2.02. The molecular formula is C9H8N4O2S. The Morgan fingerprint density at radius 1 is 1.44 bits per heavy atom. The zero-order valence-electron chi connectivity index (χ0n) is 8.34. The van der Waals surface area contributed by atoms with Crippen molar-refractivity contribution in [3.63, 3.8) is 0 Å². The second-order valence-electron chi connectivity index (χ2n) is 3.01. The molecule has 2 aromatic heterocycles. The van der Waals surface area contributed by atoms with Crippen LogP contribution >= 0.6 is 11.3 Å². The summed E-state index contributed by atoms with van der Waals surface area (Å²) in [6, 6.07) is 0. The number of aryl methyl sites for hydroxylation is 1. The van der Waals surface area contributed by atoms with E-state index in [1.165, 1.54) is 23.7 Å². The molecule has 82 valence electrons. The number of anilines is 2. The minimum absolute atomic E-state index is 0.0825. The minimum Gasteiger partial charge on any atom is -0.476 e. The Morgan fingerprint density at radius 2 is 2.25 bits per heavy atom. The Kier molecular flexibility index (Phi) is 2.78. The lowest BCUT2D eigenvalue weighted by molar-refractivity contribution is 0.0690. The van der Waals surface area contributed by atoms with Crippen molar-refractivity contribution in [2.45, 2.75) is 6.92 Å². The highest BCUT2D eigenvalue weighted by Crippen LogP contribution is 2.18. The first-order valence-corrected chi connectivity index (χ1v) is 5.27. The van der Waals surface area contributed by atoms with Gasteiger partial charge in [0, 0.05) is 5.38 Å². The molecule has 0 atom stereocenters. The third kappa shape index (κ3) is 2.31. The molecule has 0 aliphatic rings. The molecule has 2 rings (SSSR count). The van der Waals surface area contributed by atoms with Crippen LogP contribution in [0.1, 0.15) is 16.2 Å². The number of hydrogen-bond acceptors (Lipinski definition) is 6. The summed E-state index contributed by atoms with van der Waals surface area (Å²) in [7, 11) is 0. The van der Waals surface area contributed by atoms with E-state index in [1.807, 2.05) is 12.3 Å². The van der Waals surface area contributed by atoms with Crippen molar-refractivity contribution in [3.05, 3.63) is 29.2 Å². The first-order valence-electron chi connectivity index (χ1n) is 4.39. The Balaban J connectivity index is 2.14. The quantitative estimate of drug-likeness (QED) is 0.843. The predicted octanol–water partition coefficient (Wildman–Crippen LogP) is 1.68. The van der Waals surface area contributed by atoms with Crippen molar-refractivity contribution in [2.75, 3.05) is 5.32 Å². The van der Waals surface area contributed by atoms with Crippen LogP contribution in [0, 0.1) is 6.92 Å². The Bertz CT molecular complexity index is 508. The van der Waals surface area contributed by atoms with Crippen LogP contribution in [0.2, 0.25) is 0 Å². The third-order valence-electron chi connectivity index (χ3n) is 1.72. The second kappa shape index (κ2) is 4.23. The van der Waals surface area contributed by atoms with Crippen molar-refractivity contribution in [1.82, 2.24) is 15.0 Å². The number of thiazole rings is 1. The first kappa shape index (κ1) is 10.5. The van der Waals surface area contributed by atoms with Crippen LogP contribution in [0.4, 0.5) is 10.9 Å². The van der Waals surface area contributed by atoms with E-state index in [-0.39, 0.29) is 5.69 Å². The number of nitrogens with one attached hydrogen (secondary N) is 1. The molecule has 0 saturated heterocycles. The summed E-state index contributed by atoms with van der Waals surface area (Å²) >= 11 is 1.45. The fourth-order valence-electron chi connectivity index (χ4n) is 1.02. The molecule has 0 spiro atoms. The van der Waals surface area contributed by atoms with Gasteiger partial charge in [-0.2, -0.15) is 0 Å². The van der Waals surface area contributed by atoms with Gasteiger partial charge in [0.1, 0.15) is 0 Å². The van der Waals surface area contributed by atoms with Gasteiger partial charge < -0.3 is 10.4 Å². The predicted molar refractivity (Wildman–Crippen MR) is 59.1 cm³/mol. The Labute approximate surface area is 95.0 Å². The van der Waals surface area contributed by atoms with E-state index in [2.05, 4.69) is 20.3 Å². The fraction of sp³-hybridized carbons (Fsp3) is 0.111. The van der Waals surface area contributed by atoms with Gasteiger partial charge in [-0.25, -0.2) is 19.7 Å².